The Labute approximate surface area is 158 Å². The summed E-state index contributed by atoms with van der Waals surface area (Å²) in [5.41, 5.74) is 0.916. The number of thioether (sulfide) groups is 1. The van der Waals surface area contributed by atoms with Crippen molar-refractivity contribution in [1.29, 1.82) is 0 Å². The lowest BCUT2D eigenvalue weighted by Crippen LogP contribution is -2.44. The first-order chi connectivity index (χ1) is 12.7. The average molecular weight is 375 g/mol. The van der Waals surface area contributed by atoms with E-state index in [1.807, 2.05) is 28.5 Å². The second-order valence-electron chi connectivity index (χ2n) is 6.53. The lowest BCUT2D eigenvalue weighted by Gasteiger charge is -2.35. The number of aryl methyl sites for hydroxylation is 1. The molecule has 0 aliphatic carbocycles. The van der Waals surface area contributed by atoms with Crippen molar-refractivity contribution in [3.05, 3.63) is 30.7 Å². The van der Waals surface area contributed by atoms with E-state index in [1.54, 1.807) is 6.26 Å². The van der Waals surface area contributed by atoms with Gasteiger partial charge >= 0.3 is 0 Å². The summed E-state index contributed by atoms with van der Waals surface area (Å²) in [7, 11) is 0. The van der Waals surface area contributed by atoms with Crippen molar-refractivity contribution in [2.75, 3.05) is 12.3 Å². The highest BCUT2D eigenvalue weighted by Gasteiger charge is 2.26. The highest BCUT2D eigenvalue weighted by atomic mass is 32.2. The van der Waals surface area contributed by atoms with E-state index in [2.05, 4.69) is 23.7 Å². The summed E-state index contributed by atoms with van der Waals surface area (Å²) in [6.07, 6.45) is 7.91. The van der Waals surface area contributed by atoms with E-state index < -0.39 is 0 Å². The summed E-state index contributed by atoms with van der Waals surface area (Å²) >= 11 is 1.44. The molecule has 1 fully saturated rings. The summed E-state index contributed by atoms with van der Waals surface area (Å²) in [5.74, 6) is 2.12. The molecule has 1 aliphatic rings. The molecule has 7 heteroatoms. The van der Waals surface area contributed by atoms with Gasteiger partial charge in [-0.15, -0.1) is 16.8 Å². The number of hydrogen-bond acceptors (Lipinski definition) is 5. The lowest BCUT2D eigenvalue weighted by molar-refractivity contribution is -0.132. The third kappa shape index (κ3) is 3.87. The molecule has 0 aromatic carbocycles. The number of carbonyl (C=O) groups excluding carboxylic acids is 1. The minimum Gasteiger partial charge on any atom is -0.469 e. The van der Waals surface area contributed by atoms with Gasteiger partial charge < -0.3 is 9.32 Å². The molecule has 0 saturated carbocycles. The van der Waals surface area contributed by atoms with Crippen molar-refractivity contribution in [2.24, 2.45) is 0 Å². The lowest BCUT2D eigenvalue weighted by atomic mass is 10.0. The smallest absolute Gasteiger partial charge is 0.233 e. The molecular formula is C19H26N4O2S. The molecule has 1 atom stereocenters. The maximum atomic E-state index is 12.7. The molecule has 3 rings (SSSR count). The molecule has 0 radical (unpaired) electrons. The van der Waals surface area contributed by atoms with Gasteiger partial charge in [0, 0.05) is 19.1 Å². The van der Waals surface area contributed by atoms with E-state index >= 15 is 0 Å². The molecular weight excluding hydrogens is 348 g/mol. The van der Waals surface area contributed by atoms with Gasteiger partial charge in [0.1, 0.15) is 5.76 Å². The molecule has 140 valence electrons. The van der Waals surface area contributed by atoms with Crippen LogP contribution < -0.4 is 0 Å². The molecule has 3 heterocycles. The Balaban J connectivity index is 1.73. The van der Waals surface area contributed by atoms with E-state index in [0.29, 0.717) is 18.3 Å². The van der Waals surface area contributed by atoms with Crippen molar-refractivity contribution in [1.82, 2.24) is 19.7 Å². The Hall–Kier alpha value is -2.02. The number of rotatable bonds is 7. The third-order valence-corrected chi connectivity index (χ3v) is 5.82. The van der Waals surface area contributed by atoms with Crippen LogP contribution in [0.3, 0.4) is 0 Å². The van der Waals surface area contributed by atoms with Crippen molar-refractivity contribution in [2.45, 2.75) is 57.3 Å². The Kier molecular flexibility index (Phi) is 6.19. The van der Waals surface area contributed by atoms with Crippen LogP contribution in [-0.2, 0) is 11.3 Å². The van der Waals surface area contributed by atoms with Gasteiger partial charge in [0.25, 0.3) is 0 Å². The number of likely N-dealkylation sites (tertiary alicyclic amines) is 1. The summed E-state index contributed by atoms with van der Waals surface area (Å²) in [6, 6.07) is 2.27. The number of amides is 1. The largest absolute Gasteiger partial charge is 0.469 e. The summed E-state index contributed by atoms with van der Waals surface area (Å²) in [5, 5.41) is 9.36. The maximum Gasteiger partial charge on any atom is 0.233 e. The quantitative estimate of drug-likeness (QED) is 0.543. The minimum absolute atomic E-state index is 0.191. The van der Waals surface area contributed by atoms with Gasteiger partial charge in [0.2, 0.25) is 5.91 Å². The number of allylic oxidation sites excluding steroid dienone is 1. The van der Waals surface area contributed by atoms with Crippen molar-refractivity contribution >= 4 is 17.7 Å². The van der Waals surface area contributed by atoms with Crippen LogP contribution in [0.4, 0.5) is 0 Å². The van der Waals surface area contributed by atoms with Gasteiger partial charge in [0.15, 0.2) is 11.0 Å². The van der Waals surface area contributed by atoms with E-state index in [-0.39, 0.29) is 5.91 Å². The highest BCUT2D eigenvalue weighted by Crippen LogP contribution is 2.28. The molecule has 1 amide bonds. The maximum absolute atomic E-state index is 12.7. The minimum atomic E-state index is 0.191. The number of piperidine rings is 1. The second kappa shape index (κ2) is 8.58. The van der Waals surface area contributed by atoms with E-state index in [9.17, 15) is 4.79 Å². The zero-order valence-corrected chi connectivity index (χ0v) is 16.3. The van der Waals surface area contributed by atoms with Crippen LogP contribution in [0, 0.1) is 6.92 Å². The van der Waals surface area contributed by atoms with Crippen molar-refractivity contribution < 1.29 is 9.21 Å². The first kappa shape index (κ1) is 18.8. The average Bonchev–Trinajstić information content (AvgIpc) is 3.25. The molecule has 6 nitrogen and oxygen atoms in total. The van der Waals surface area contributed by atoms with Gasteiger partial charge in [-0.1, -0.05) is 24.8 Å². The van der Waals surface area contributed by atoms with Crippen LogP contribution in [0.25, 0.3) is 11.4 Å². The van der Waals surface area contributed by atoms with E-state index in [4.69, 9.17) is 4.42 Å². The zero-order chi connectivity index (χ0) is 18.5. The van der Waals surface area contributed by atoms with Crippen LogP contribution in [0.5, 0.6) is 0 Å². The molecule has 2 aromatic heterocycles. The Morgan fingerprint density at radius 2 is 2.31 bits per heavy atom. The molecule has 0 spiro atoms. The zero-order valence-electron chi connectivity index (χ0n) is 15.5. The van der Waals surface area contributed by atoms with Crippen molar-refractivity contribution in [3.63, 3.8) is 0 Å². The topological polar surface area (TPSA) is 64.2 Å². The molecule has 2 aromatic rings. The number of furan rings is 1. The Bertz CT molecular complexity index is 767. The molecule has 1 unspecified atom stereocenters. The Morgan fingerprint density at radius 1 is 1.46 bits per heavy atom. The first-order valence-electron chi connectivity index (χ1n) is 9.16. The van der Waals surface area contributed by atoms with Crippen LogP contribution >= 0.6 is 11.8 Å². The van der Waals surface area contributed by atoms with E-state index in [1.165, 1.54) is 18.2 Å². The standard InChI is InChI=1S/C19H26N4O2S/c1-4-10-23-18(16-9-12-25-14(16)3)20-21-19(23)26-13-17(24)22-11-7-6-8-15(22)5-2/h4,9,12,15H,1,5-8,10-11,13H2,2-3H3. The molecule has 1 saturated heterocycles. The molecule has 26 heavy (non-hydrogen) atoms. The van der Waals surface area contributed by atoms with Gasteiger partial charge in [0.05, 0.1) is 17.6 Å². The monoisotopic (exact) mass is 374 g/mol. The summed E-state index contributed by atoms with van der Waals surface area (Å²) < 4.78 is 7.37. The van der Waals surface area contributed by atoms with Gasteiger partial charge in [-0.2, -0.15) is 0 Å². The number of carbonyl (C=O) groups is 1. The van der Waals surface area contributed by atoms with Crippen LogP contribution in [0.15, 0.2) is 34.6 Å². The van der Waals surface area contributed by atoms with Crippen LogP contribution in [-0.4, -0.2) is 43.9 Å². The van der Waals surface area contributed by atoms with Gasteiger partial charge in [-0.3, -0.25) is 9.36 Å². The Morgan fingerprint density at radius 3 is 3.00 bits per heavy atom. The SMILES string of the molecule is C=CCn1c(SCC(=O)N2CCCCC2CC)nnc1-c1ccoc1C. The predicted octanol–water partition coefficient (Wildman–Crippen LogP) is 3.92. The summed E-state index contributed by atoms with van der Waals surface area (Å²) in [4.78, 5) is 14.8. The third-order valence-electron chi connectivity index (χ3n) is 4.87. The van der Waals surface area contributed by atoms with Gasteiger partial charge in [-0.25, -0.2) is 0 Å². The second-order valence-corrected chi connectivity index (χ2v) is 7.47. The molecule has 0 bridgehead atoms. The summed E-state index contributed by atoms with van der Waals surface area (Å²) in [6.45, 7) is 9.35. The molecule has 1 aliphatic heterocycles. The fourth-order valence-electron chi connectivity index (χ4n) is 3.47. The molecule has 0 N–H and O–H groups in total. The normalized spacial score (nSPS) is 17.5. The van der Waals surface area contributed by atoms with Crippen LogP contribution in [0.1, 0.15) is 38.4 Å². The number of hydrogen-bond donors (Lipinski definition) is 0. The number of nitrogens with zero attached hydrogens (tertiary/aromatic N) is 4. The van der Waals surface area contributed by atoms with Gasteiger partial charge in [-0.05, 0) is 38.7 Å². The van der Waals surface area contributed by atoms with Crippen molar-refractivity contribution in [3.8, 4) is 11.4 Å². The van der Waals surface area contributed by atoms with Crippen LogP contribution in [0.2, 0.25) is 0 Å². The number of aromatic nitrogens is 3. The highest BCUT2D eigenvalue weighted by molar-refractivity contribution is 7.99. The first-order valence-corrected chi connectivity index (χ1v) is 10.1. The fraction of sp³-hybridized carbons (Fsp3) is 0.526. The van der Waals surface area contributed by atoms with E-state index in [0.717, 1.165) is 48.1 Å². The predicted molar refractivity (Wildman–Crippen MR) is 103 cm³/mol. The fourth-order valence-corrected chi connectivity index (χ4v) is 4.30.